The zero-order valence-corrected chi connectivity index (χ0v) is 13.0. The zero-order valence-electron chi connectivity index (χ0n) is 10.6. The first-order valence-electron chi connectivity index (χ1n) is 6.68. The summed E-state index contributed by atoms with van der Waals surface area (Å²) in [6, 6.07) is 2.00. The molecule has 0 aromatic carbocycles. The molecule has 1 aliphatic carbocycles. The van der Waals surface area contributed by atoms with Gasteiger partial charge in [0.1, 0.15) is 0 Å². The number of ether oxygens (including phenoxy) is 1. The van der Waals surface area contributed by atoms with E-state index in [1.54, 1.807) is 0 Å². The van der Waals surface area contributed by atoms with E-state index in [1.165, 1.54) is 30.6 Å². The molecule has 2 fully saturated rings. The van der Waals surface area contributed by atoms with Crippen LogP contribution in [0.5, 0.6) is 0 Å². The molecule has 0 radical (unpaired) electrons. The Kier molecular flexibility index (Phi) is 4.09. The van der Waals surface area contributed by atoms with Gasteiger partial charge in [0.15, 0.2) is 0 Å². The fraction of sp³-hybridized carbons (Fsp3) is 0.692. The van der Waals surface area contributed by atoms with Gasteiger partial charge in [-0.15, -0.1) is 11.3 Å². The first-order chi connectivity index (χ1) is 9.13. The molecule has 2 unspecified atom stereocenters. The van der Waals surface area contributed by atoms with Crippen molar-refractivity contribution in [3.05, 3.63) is 20.3 Å². The van der Waals surface area contributed by atoms with Gasteiger partial charge in [0, 0.05) is 12.2 Å². The number of hydrazine groups is 1. The van der Waals surface area contributed by atoms with E-state index in [2.05, 4.69) is 5.43 Å². The van der Waals surface area contributed by atoms with Gasteiger partial charge in [-0.2, -0.15) is 0 Å². The summed E-state index contributed by atoms with van der Waals surface area (Å²) in [5.41, 5.74) is 4.08. The van der Waals surface area contributed by atoms with Gasteiger partial charge in [0.05, 0.1) is 20.3 Å². The average Bonchev–Trinajstić information content (AvgIpc) is 2.68. The third kappa shape index (κ3) is 2.67. The van der Waals surface area contributed by atoms with Crippen LogP contribution in [0.4, 0.5) is 0 Å². The SMILES string of the molecule is NNC(c1cc(Cl)sc1Cl)C1CCOC2(CCC2)C1. The Morgan fingerprint density at radius 3 is 2.79 bits per heavy atom. The van der Waals surface area contributed by atoms with Crippen molar-refractivity contribution in [2.24, 2.45) is 11.8 Å². The van der Waals surface area contributed by atoms with Crippen molar-refractivity contribution in [1.82, 2.24) is 5.43 Å². The molecule has 0 amide bonds. The number of halogens is 2. The molecule has 1 aliphatic heterocycles. The lowest BCUT2D eigenvalue weighted by molar-refractivity contribution is -0.147. The van der Waals surface area contributed by atoms with Crippen molar-refractivity contribution in [3.63, 3.8) is 0 Å². The van der Waals surface area contributed by atoms with E-state index in [0.29, 0.717) is 10.3 Å². The van der Waals surface area contributed by atoms with Crippen molar-refractivity contribution in [1.29, 1.82) is 0 Å². The zero-order chi connectivity index (χ0) is 13.5. The second-order valence-corrected chi connectivity index (χ2v) is 7.85. The minimum Gasteiger partial charge on any atom is -0.375 e. The first-order valence-corrected chi connectivity index (χ1v) is 8.26. The third-order valence-electron chi connectivity index (χ3n) is 4.46. The molecule has 19 heavy (non-hydrogen) atoms. The maximum absolute atomic E-state index is 6.26. The van der Waals surface area contributed by atoms with Gasteiger partial charge in [-0.25, -0.2) is 0 Å². The molecule has 6 heteroatoms. The number of rotatable bonds is 3. The number of thiophene rings is 1. The number of hydrogen-bond donors (Lipinski definition) is 2. The van der Waals surface area contributed by atoms with Gasteiger partial charge in [-0.3, -0.25) is 11.3 Å². The number of nitrogens with one attached hydrogen (secondary N) is 1. The van der Waals surface area contributed by atoms with Crippen LogP contribution < -0.4 is 11.3 Å². The summed E-state index contributed by atoms with van der Waals surface area (Å²) in [7, 11) is 0. The normalized spacial score (nSPS) is 27.2. The number of nitrogens with two attached hydrogens (primary N) is 1. The van der Waals surface area contributed by atoms with E-state index in [1.807, 2.05) is 6.07 Å². The van der Waals surface area contributed by atoms with Crippen molar-refractivity contribution >= 4 is 34.5 Å². The van der Waals surface area contributed by atoms with Gasteiger partial charge >= 0.3 is 0 Å². The van der Waals surface area contributed by atoms with Crippen LogP contribution in [0.25, 0.3) is 0 Å². The quantitative estimate of drug-likeness (QED) is 0.655. The van der Waals surface area contributed by atoms with Crippen LogP contribution in [-0.4, -0.2) is 12.2 Å². The van der Waals surface area contributed by atoms with E-state index < -0.39 is 0 Å². The monoisotopic (exact) mass is 320 g/mol. The maximum atomic E-state index is 6.26. The molecule has 0 bridgehead atoms. The lowest BCUT2D eigenvalue weighted by Gasteiger charge is -2.48. The molecule has 2 heterocycles. The molecule has 3 rings (SSSR count). The Morgan fingerprint density at radius 1 is 1.47 bits per heavy atom. The molecule has 106 valence electrons. The van der Waals surface area contributed by atoms with Crippen LogP contribution >= 0.6 is 34.5 Å². The first kappa shape index (κ1) is 14.1. The van der Waals surface area contributed by atoms with Crippen LogP contribution in [0, 0.1) is 5.92 Å². The van der Waals surface area contributed by atoms with Gasteiger partial charge in [-0.1, -0.05) is 23.2 Å². The minimum atomic E-state index is 0.0672. The summed E-state index contributed by atoms with van der Waals surface area (Å²) in [5.74, 6) is 6.23. The summed E-state index contributed by atoms with van der Waals surface area (Å²) in [6.45, 7) is 0.818. The lowest BCUT2D eigenvalue weighted by atomic mass is 9.70. The van der Waals surface area contributed by atoms with E-state index >= 15 is 0 Å². The van der Waals surface area contributed by atoms with Gasteiger partial charge in [0.25, 0.3) is 0 Å². The second-order valence-electron chi connectivity index (χ2n) is 5.56. The number of hydrogen-bond acceptors (Lipinski definition) is 4. The molecule has 1 spiro atoms. The van der Waals surface area contributed by atoms with E-state index in [4.69, 9.17) is 33.8 Å². The van der Waals surface area contributed by atoms with Crippen LogP contribution in [0.3, 0.4) is 0 Å². The highest BCUT2D eigenvalue weighted by molar-refractivity contribution is 7.20. The van der Waals surface area contributed by atoms with Crippen molar-refractivity contribution in [2.75, 3.05) is 6.61 Å². The van der Waals surface area contributed by atoms with Crippen molar-refractivity contribution in [3.8, 4) is 0 Å². The molecular formula is C13H18Cl2N2OS. The Bertz CT molecular complexity index is 461. The van der Waals surface area contributed by atoms with Gasteiger partial charge in [-0.05, 0) is 44.1 Å². The van der Waals surface area contributed by atoms with Crippen LogP contribution in [0.15, 0.2) is 6.07 Å². The summed E-state index contributed by atoms with van der Waals surface area (Å²) in [5, 5.41) is 0. The highest BCUT2D eigenvalue weighted by Gasteiger charge is 2.44. The largest absolute Gasteiger partial charge is 0.375 e. The molecule has 2 atom stereocenters. The van der Waals surface area contributed by atoms with Crippen LogP contribution in [0.2, 0.25) is 8.67 Å². The highest BCUT2D eigenvalue weighted by atomic mass is 35.5. The third-order valence-corrected chi connectivity index (χ3v) is 5.98. The highest BCUT2D eigenvalue weighted by Crippen LogP contribution is 2.48. The predicted molar refractivity (Wildman–Crippen MR) is 79.7 cm³/mol. The van der Waals surface area contributed by atoms with Crippen molar-refractivity contribution < 1.29 is 4.74 Å². The molecule has 1 saturated heterocycles. The summed E-state index contributed by atoms with van der Waals surface area (Å²) >= 11 is 13.7. The Labute approximate surface area is 127 Å². The lowest BCUT2D eigenvalue weighted by Crippen LogP contribution is -2.48. The van der Waals surface area contributed by atoms with E-state index in [0.717, 1.165) is 29.3 Å². The summed E-state index contributed by atoms with van der Waals surface area (Å²) in [6.07, 6.45) is 5.71. The average molecular weight is 321 g/mol. The molecule has 1 aromatic rings. The Hall–Kier alpha value is 0.160. The van der Waals surface area contributed by atoms with E-state index in [9.17, 15) is 0 Å². The predicted octanol–water partition coefficient (Wildman–Crippen LogP) is 3.91. The molecular weight excluding hydrogens is 303 g/mol. The van der Waals surface area contributed by atoms with Crippen LogP contribution in [-0.2, 0) is 4.74 Å². The molecule has 2 aliphatic rings. The smallest absolute Gasteiger partial charge is 0.0992 e. The Balaban J connectivity index is 1.80. The van der Waals surface area contributed by atoms with Gasteiger partial charge in [0.2, 0.25) is 0 Å². The van der Waals surface area contributed by atoms with Gasteiger partial charge < -0.3 is 4.74 Å². The van der Waals surface area contributed by atoms with E-state index in [-0.39, 0.29) is 11.6 Å². The molecule has 1 saturated carbocycles. The molecule has 3 N–H and O–H groups in total. The summed E-state index contributed by atoms with van der Waals surface area (Å²) in [4.78, 5) is 0. The fourth-order valence-electron chi connectivity index (χ4n) is 3.31. The minimum absolute atomic E-state index is 0.0672. The van der Waals surface area contributed by atoms with Crippen LogP contribution in [0.1, 0.15) is 43.7 Å². The maximum Gasteiger partial charge on any atom is 0.0992 e. The summed E-state index contributed by atoms with van der Waals surface area (Å²) < 4.78 is 7.42. The topological polar surface area (TPSA) is 47.3 Å². The second kappa shape index (κ2) is 5.51. The standard InChI is InChI=1S/C13H18Cl2N2OS/c14-10-6-9(12(15)19-10)11(17-16)8-2-5-18-13(7-8)3-1-4-13/h6,8,11,17H,1-5,7,16H2. The van der Waals surface area contributed by atoms with Crippen molar-refractivity contribution in [2.45, 2.75) is 43.7 Å². The molecule has 3 nitrogen and oxygen atoms in total. The fourth-order valence-corrected chi connectivity index (χ4v) is 4.86. The Morgan fingerprint density at radius 2 is 2.26 bits per heavy atom. The molecule has 1 aromatic heterocycles.